The summed E-state index contributed by atoms with van der Waals surface area (Å²) in [6, 6.07) is 18.9. The summed E-state index contributed by atoms with van der Waals surface area (Å²) in [5, 5.41) is 3.26. The van der Waals surface area contributed by atoms with E-state index >= 15 is 0 Å². The van der Waals surface area contributed by atoms with Gasteiger partial charge in [0, 0.05) is 18.1 Å². The molecule has 0 spiro atoms. The maximum absolute atomic E-state index is 13.9. The van der Waals surface area contributed by atoms with Crippen LogP contribution in [0.2, 0.25) is 5.02 Å². The SMILES string of the molecule is CCCNC(=O)[C@H](C)N(Cc1cccc(C)c1)C(=O)CN(c1ccc(Cl)cc1)S(=O)(=O)c1ccc(OC)cc1. The van der Waals surface area contributed by atoms with Gasteiger partial charge < -0.3 is 15.0 Å². The molecule has 1 atom stereocenters. The van der Waals surface area contributed by atoms with E-state index < -0.39 is 28.5 Å². The number of nitrogens with zero attached hydrogens (tertiary/aromatic N) is 2. The van der Waals surface area contributed by atoms with Crippen LogP contribution in [-0.4, -0.2) is 51.4 Å². The fourth-order valence-electron chi connectivity index (χ4n) is 4.00. The van der Waals surface area contributed by atoms with Gasteiger partial charge in [-0.05, 0) is 74.4 Å². The van der Waals surface area contributed by atoms with Crippen molar-refractivity contribution in [2.75, 3.05) is 24.5 Å². The highest BCUT2D eigenvalue weighted by atomic mass is 35.5. The number of sulfonamides is 1. The van der Waals surface area contributed by atoms with E-state index in [1.165, 1.54) is 24.1 Å². The number of aryl methyl sites for hydroxylation is 1. The molecule has 0 saturated heterocycles. The van der Waals surface area contributed by atoms with Gasteiger partial charge in [0.1, 0.15) is 18.3 Å². The van der Waals surface area contributed by atoms with E-state index in [2.05, 4.69) is 5.32 Å². The van der Waals surface area contributed by atoms with Crippen LogP contribution in [0, 0.1) is 6.92 Å². The maximum Gasteiger partial charge on any atom is 0.264 e. The Labute approximate surface area is 235 Å². The third-order valence-electron chi connectivity index (χ3n) is 6.19. The smallest absolute Gasteiger partial charge is 0.264 e. The second kappa shape index (κ2) is 13.5. The Hall–Kier alpha value is -3.56. The maximum atomic E-state index is 13.9. The first kappa shape index (κ1) is 30.0. The van der Waals surface area contributed by atoms with Gasteiger partial charge >= 0.3 is 0 Å². The first-order valence-corrected chi connectivity index (χ1v) is 14.4. The van der Waals surface area contributed by atoms with Crippen molar-refractivity contribution in [3.8, 4) is 5.75 Å². The summed E-state index contributed by atoms with van der Waals surface area (Å²) in [5.74, 6) is -0.337. The molecule has 10 heteroatoms. The fourth-order valence-corrected chi connectivity index (χ4v) is 5.54. The van der Waals surface area contributed by atoms with Crippen LogP contribution in [0.3, 0.4) is 0 Å². The number of benzene rings is 3. The standard InChI is InChI=1S/C29H34ClN3O5S/c1-5-17-31-29(35)22(3)32(19-23-8-6-7-21(2)18-23)28(34)20-33(25-11-9-24(30)10-12-25)39(36,37)27-15-13-26(38-4)14-16-27/h6-16,18,22H,5,17,19-20H2,1-4H3,(H,31,35)/t22-/m0/s1. The number of nitrogens with one attached hydrogen (secondary N) is 1. The minimum Gasteiger partial charge on any atom is -0.497 e. The summed E-state index contributed by atoms with van der Waals surface area (Å²) in [6.07, 6.45) is 0.745. The number of rotatable bonds is 12. The van der Waals surface area contributed by atoms with Gasteiger partial charge in [0.15, 0.2) is 0 Å². The van der Waals surface area contributed by atoms with Gasteiger partial charge in [0.2, 0.25) is 11.8 Å². The minimum absolute atomic E-state index is 0.00924. The Morgan fingerprint density at radius 2 is 1.69 bits per heavy atom. The highest BCUT2D eigenvalue weighted by Gasteiger charge is 2.32. The molecule has 0 bridgehead atoms. The number of halogens is 1. The molecular formula is C29H34ClN3O5S. The van der Waals surface area contributed by atoms with E-state index in [0.29, 0.717) is 17.3 Å². The van der Waals surface area contributed by atoms with Gasteiger partial charge in [-0.3, -0.25) is 13.9 Å². The molecule has 0 aliphatic rings. The van der Waals surface area contributed by atoms with Gasteiger partial charge in [-0.2, -0.15) is 0 Å². The molecule has 0 saturated carbocycles. The Bertz CT molecular complexity index is 1380. The number of anilines is 1. The van der Waals surface area contributed by atoms with E-state index in [1.54, 1.807) is 43.3 Å². The van der Waals surface area contributed by atoms with Crippen molar-refractivity contribution in [1.29, 1.82) is 0 Å². The summed E-state index contributed by atoms with van der Waals surface area (Å²) < 4.78 is 33.8. The van der Waals surface area contributed by atoms with E-state index in [1.807, 2.05) is 38.1 Å². The topological polar surface area (TPSA) is 96.0 Å². The molecule has 2 amide bonds. The molecule has 8 nitrogen and oxygen atoms in total. The van der Waals surface area contributed by atoms with Crippen LogP contribution >= 0.6 is 11.6 Å². The predicted octanol–water partition coefficient (Wildman–Crippen LogP) is 4.80. The van der Waals surface area contributed by atoms with Crippen LogP contribution in [0.4, 0.5) is 5.69 Å². The number of hydrogen-bond donors (Lipinski definition) is 1. The highest BCUT2D eigenvalue weighted by Crippen LogP contribution is 2.27. The van der Waals surface area contributed by atoms with Gasteiger partial charge in [-0.1, -0.05) is 48.4 Å². The van der Waals surface area contributed by atoms with Gasteiger partial charge in [-0.25, -0.2) is 8.42 Å². The van der Waals surface area contributed by atoms with Crippen molar-refractivity contribution in [3.63, 3.8) is 0 Å². The number of ether oxygens (including phenoxy) is 1. The largest absolute Gasteiger partial charge is 0.497 e. The monoisotopic (exact) mass is 571 g/mol. The van der Waals surface area contributed by atoms with Crippen LogP contribution in [0.15, 0.2) is 77.7 Å². The first-order chi connectivity index (χ1) is 18.6. The van der Waals surface area contributed by atoms with Crippen molar-refractivity contribution in [2.24, 2.45) is 0 Å². The van der Waals surface area contributed by atoms with Gasteiger partial charge in [0.05, 0.1) is 17.7 Å². The zero-order chi connectivity index (χ0) is 28.6. The van der Waals surface area contributed by atoms with E-state index in [9.17, 15) is 18.0 Å². The van der Waals surface area contributed by atoms with Crippen molar-refractivity contribution < 1.29 is 22.7 Å². The Morgan fingerprint density at radius 1 is 1.03 bits per heavy atom. The molecule has 3 rings (SSSR count). The summed E-state index contributed by atoms with van der Waals surface area (Å²) >= 11 is 6.06. The molecule has 0 aromatic heterocycles. The molecule has 0 radical (unpaired) electrons. The zero-order valence-corrected chi connectivity index (χ0v) is 24.1. The Morgan fingerprint density at radius 3 is 2.28 bits per heavy atom. The fraction of sp³-hybridized carbons (Fsp3) is 0.310. The molecule has 0 aliphatic carbocycles. The predicted molar refractivity (Wildman–Crippen MR) is 153 cm³/mol. The van der Waals surface area contributed by atoms with Crippen molar-refractivity contribution >= 4 is 39.1 Å². The molecule has 39 heavy (non-hydrogen) atoms. The zero-order valence-electron chi connectivity index (χ0n) is 22.6. The molecule has 3 aromatic carbocycles. The first-order valence-electron chi connectivity index (χ1n) is 12.6. The van der Waals surface area contributed by atoms with Gasteiger partial charge in [0.25, 0.3) is 10.0 Å². The molecule has 1 N–H and O–H groups in total. The van der Waals surface area contributed by atoms with Crippen molar-refractivity contribution in [1.82, 2.24) is 10.2 Å². The lowest BCUT2D eigenvalue weighted by atomic mass is 10.1. The van der Waals surface area contributed by atoms with Crippen LogP contribution < -0.4 is 14.4 Å². The summed E-state index contributed by atoms with van der Waals surface area (Å²) in [7, 11) is -2.68. The van der Waals surface area contributed by atoms with Crippen LogP contribution in [0.25, 0.3) is 0 Å². The van der Waals surface area contributed by atoms with Gasteiger partial charge in [-0.15, -0.1) is 0 Å². The number of carbonyl (C=O) groups excluding carboxylic acids is 2. The average molecular weight is 572 g/mol. The molecule has 3 aromatic rings. The van der Waals surface area contributed by atoms with Crippen LogP contribution in [0.5, 0.6) is 5.75 Å². The molecule has 0 fully saturated rings. The molecule has 0 heterocycles. The third-order valence-corrected chi connectivity index (χ3v) is 8.23. The third kappa shape index (κ3) is 7.74. The average Bonchev–Trinajstić information content (AvgIpc) is 2.93. The minimum atomic E-state index is -4.17. The highest BCUT2D eigenvalue weighted by molar-refractivity contribution is 7.92. The molecule has 0 unspecified atom stereocenters. The van der Waals surface area contributed by atoms with Crippen LogP contribution in [-0.2, 0) is 26.2 Å². The van der Waals surface area contributed by atoms with Crippen molar-refractivity contribution in [2.45, 2.75) is 44.7 Å². The summed E-state index contributed by atoms with van der Waals surface area (Å²) in [6.45, 7) is 5.61. The Balaban J connectivity index is 2.01. The lowest BCUT2D eigenvalue weighted by Crippen LogP contribution is -2.51. The lowest BCUT2D eigenvalue weighted by molar-refractivity contribution is -0.139. The number of amides is 2. The number of hydrogen-bond acceptors (Lipinski definition) is 5. The Kier molecular flexibility index (Phi) is 10.4. The summed E-state index contributed by atoms with van der Waals surface area (Å²) in [4.78, 5) is 28.2. The van der Waals surface area contributed by atoms with Crippen molar-refractivity contribution in [3.05, 3.63) is 88.9 Å². The van der Waals surface area contributed by atoms with E-state index in [-0.39, 0.29) is 23.0 Å². The number of carbonyl (C=O) groups is 2. The molecule has 208 valence electrons. The molecule has 0 aliphatic heterocycles. The second-order valence-electron chi connectivity index (χ2n) is 9.14. The second-order valence-corrected chi connectivity index (χ2v) is 11.4. The van der Waals surface area contributed by atoms with E-state index in [0.717, 1.165) is 21.9 Å². The van der Waals surface area contributed by atoms with E-state index in [4.69, 9.17) is 16.3 Å². The summed E-state index contributed by atoms with van der Waals surface area (Å²) in [5.41, 5.74) is 2.10. The van der Waals surface area contributed by atoms with Crippen LogP contribution in [0.1, 0.15) is 31.4 Å². The lowest BCUT2D eigenvalue weighted by Gasteiger charge is -2.32. The quantitative estimate of drug-likeness (QED) is 0.337. The number of methoxy groups -OCH3 is 1. The normalized spacial score (nSPS) is 11.9. The molecular weight excluding hydrogens is 538 g/mol.